The normalized spacial score (nSPS) is 15.8. The zero-order chi connectivity index (χ0) is 42.8. The predicted molar refractivity (Wildman–Crippen MR) is 209 cm³/mol. The summed E-state index contributed by atoms with van der Waals surface area (Å²) in [6.07, 6.45) is 3.55. The van der Waals surface area contributed by atoms with Crippen molar-refractivity contribution in [1.29, 1.82) is 0 Å². The molecule has 1 aromatic heterocycles. The molecule has 1 saturated carbocycles. The maximum absolute atomic E-state index is 12.9. The Morgan fingerprint density at radius 3 is 2.14 bits per heavy atom. The Hall–Kier alpha value is -5.22. The Morgan fingerprint density at radius 1 is 0.931 bits per heavy atom. The summed E-state index contributed by atoms with van der Waals surface area (Å²) in [6.45, 7) is 0.808. The molecule has 3 N–H and O–H groups in total. The van der Waals surface area contributed by atoms with Gasteiger partial charge in [0.05, 0.1) is 60.8 Å². The number of ketones is 3. The lowest BCUT2D eigenvalue weighted by Gasteiger charge is -2.20. The monoisotopic (exact) mass is 866 g/mol. The molecule has 3 amide bonds. The molecule has 0 bridgehead atoms. The van der Waals surface area contributed by atoms with Crippen LogP contribution in [0.5, 0.6) is 11.8 Å². The van der Waals surface area contributed by atoms with E-state index in [9.17, 15) is 40.8 Å². The number of carbonyl (C=O) groups is 5. The van der Waals surface area contributed by atoms with Crippen LogP contribution < -0.4 is 24.2 Å². The number of Topliss-reactive ketones (excluding diaryl/α,β-unsaturated/α-hetero) is 3. The molecule has 1 aliphatic carbocycles. The number of ether oxygens (including phenoxy) is 4. The fourth-order valence-electron chi connectivity index (χ4n) is 5.78. The minimum absolute atomic E-state index is 0.00537. The second-order valence-electron chi connectivity index (χ2n) is 13.1. The van der Waals surface area contributed by atoms with Gasteiger partial charge < -0.3 is 23.8 Å². The molecule has 19 nitrogen and oxygen atoms in total. The fraction of sp³-hybridized carbons (Fsp3) is 0.417. The second-order valence-corrected chi connectivity index (χ2v) is 16.9. The van der Waals surface area contributed by atoms with Gasteiger partial charge in [-0.15, -0.1) is 0 Å². The number of sulfone groups is 1. The molecular formula is C36H43ClN6O13S2. The van der Waals surface area contributed by atoms with Crippen molar-refractivity contribution >= 4 is 72.6 Å². The lowest BCUT2D eigenvalue weighted by atomic mass is 9.81. The molecule has 2 fully saturated rings. The van der Waals surface area contributed by atoms with Crippen LogP contribution in [0.15, 0.2) is 47.4 Å². The smallest absolute Gasteiger partial charge is 0.336 e. The van der Waals surface area contributed by atoms with Gasteiger partial charge in [0.15, 0.2) is 27.2 Å². The van der Waals surface area contributed by atoms with E-state index in [0.29, 0.717) is 13.0 Å². The number of hydrogen-bond donors (Lipinski definition) is 3. The molecule has 3 aromatic rings. The molecule has 2 heterocycles. The number of benzene rings is 2. The minimum atomic E-state index is -4.37. The predicted octanol–water partition coefficient (Wildman–Crippen LogP) is 3.23. The molecular weight excluding hydrogens is 824 g/mol. The van der Waals surface area contributed by atoms with Crippen molar-refractivity contribution in [2.75, 3.05) is 57.8 Å². The SMILES string of the molecule is COc1cc(OC)nc(NC(=O)NS(=O)(=O)Nc2ccccc2C(=O)N(C)C)n1.CS(=O)(=O)c1ccc(C(=O)C2C(=O)CCCC2=O)c(Cl)c1COCC1CCCO1. The van der Waals surface area contributed by atoms with Gasteiger partial charge in [-0.05, 0) is 43.5 Å². The summed E-state index contributed by atoms with van der Waals surface area (Å²) in [4.78, 5) is 70.4. The number of amides is 3. The molecule has 314 valence electrons. The highest BCUT2D eigenvalue weighted by atomic mass is 35.5. The molecule has 0 radical (unpaired) electrons. The standard InChI is InChI=1S/C20H23ClO7S.C16H20N6O6S/c1-29(25,26)17-8-7-13(20(24)18-15(22)5-2-6-16(18)23)19(21)14(17)11-27-10-12-4-3-9-28-12;1-22(2)14(23)10-7-5-6-8-11(10)20-29(25,26)21-16(24)19-15-17-12(27-3)9-13(18-15)28-4/h7-8,12,18H,2-6,9-11H2,1H3;5-9,20H,1-4H3,(H2,17,18,19,21,24). The minimum Gasteiger partial charge on any atom is -0.481 e. The van der Waals surface area contributed by atoms with Crippen molar-refractivity contribution in [3.8, 4) is 11.8 Å². The lowest BCUT2D eigenvalue weighted by Crippen LogP contribution is -2.39. The third-order valence-electron chi connectivity index (χ3n) is 8.55. The average molecular weight is 867 g/mol. The Morgan fingerprint density at radius 2 is 1.57 bits per heavy atom. The van der Waals surface area contributed by atoms with E-state index in [-0.39, 0.29) is 82.2 Å². The molecule has 5 rings (SSSR count). The van der Waals surface area contributed by atoms with Crippen molar-refractivity contribution in [3.63, 3.8) is 0 Å². The fourth-order valence-corrected chi connectivity index (χ4v) is 7.89. The Kier molecular flexibility index (Phi) is 15.7. The molecule has 1 aliphatic heterocycles. The zero-order valence-electron chi connectivity index (χ0n) is 32.2. The van der Waals surface area contributed by atoms with E-state index in [1.165, 1.54) is 63.5 Å². The van der Waals surface area contributed by atoms with Crippen LogP contribution in [0.3, 0.4) is 0 Å². The largest absolute Gasteiger partial charge is 0.481 e. The van der Waals surface area contributed by atoms with Crippen molar-refractivity contribution < 1.29 is 59.8 Å². The van der Waals surface area contributed by atoms with Gasteiger partial charge in [-0.1, -0.05) is 23.7 Å². The molecule has 2 aliphatic rings. The maximum atomic E-state index is 12.9. The molecule has 22 heteroatoms. The first-order valence-electron chi connectivity index (χ1n) is 17.5. The van der Waals surface area contributed by atoms with E-state index >= 15 is 0 Å². The van der Waals surface area contributed by atoms with Gasteiger partial charge in [0.25, 0.3) is 5.91 Å². The first-order chi connectivity index (χ1) is 27.3. The number of carbonyl (C=O) groups excluding carboxylic acids is 5. The first-order valence-corrected chi connectivity index (χ1v) is 21.3. The van der Waals surface area contributed by atoms with E-state index < -0.39 is 55.3 Å². The van der Waals surface area contributed by atoms with Crippen LogP contribution in [0.1, 0.15) is 58.4 Å². The van der Waals surface area contributed by atoms with Gasteiger partial charge in [-0.2, -0.15) is 18.4 Å². The van der Waals surface area contributed by atoms with E-state index in [1.54, 1.807) is 16.9 Å². The van der Waals surface area contributed by atoms with Crippen LogP contribution in [-0.4, -0.2) is 115 Å². The highest BCUT2D eigenvalue weighted by molar-refractivity contribution is 7.91. The number of nitrogens with zero attached hydrogens (tertiary/aromatic N) is 3. The summed E-state index contributed by atoms with van der Waals surface area (Å²) in [5.74, 6) is -3.36. The summed E-state index contributed by atoms with van der Waals surface area (Å²) >= 11 is 6.41. The Bertz CT molecular complexity index is 2230. The van der Waals surface area contributed by atoms with Crippen LogP contribution in [0.25, 0.3) is 0 Å². The van der Waals surface area contributed by atoms with E-state index in [1.807, 2.05) is 0 Å². The quantitative estimate of drug-likeness (QED) is 0.155. The van der Waals surface area contributed by atoms with Crippen molar-refractivity contribution in [3.05, 3.63) is 64.2 Å². The molecule has 1 unspecified atom stereocenters. The number of urea groups is 1. The third kappa shape index (κ3) is 12.1. The van der Waals surface area contributed by atoms with Gasteiger partial charge in [0.2, 0.25) is 17.7 Å². The molecule has 58 heavy (non-hydrogen) atoms. The van der Waals surface area contributed by atoms with E-state index in [2.05, 4.69) is 20.0 Å². The summed E-state index contributed by atoms with van der Waals surface area (Å²) in [5.41, 5.74) is 0.229. The van der Waals surface area contributed by atoms with Gasteiger partial charge in [-0.3, -0.25) is 29.2 Å². The number of rotatable bonds is 14. The number of halogens is 1. The van der Waals surface area contributed by atoms with Gasteiger partial charge in [-0.25, -0.2) is 17.9 Å². The van der Waals surface area contributed by atoms with Crippen LogP contribution in [-0.2, 0) is 45.7 Å². The summed E-state index contributed by atoms with van der Waals surface area (Å²) in [6, 6.07) is 8.75. The molecule has 2 aromatic carbocycles. The topological polar surface area (TPSA) is 256 Å². The highest BCUT2D eigenvalue weighted by Crippen LogP contribution is 2.32. The Balaban J connectivity index is 0.000000257. The summed E-state index contributed by atoms with van der Waals surface area (Å²) in [5, 5.41) is 2.06. The number of hydrogen-bond acceptors (Lipinski definition) is 15. The average Bonchev–Trinajstić information content (AvgIpc) is 3.68. The van der Waals surface area contributed by atoms with Gasteiger partial charge in [0.1, 0.15) is 5.92 Å². The van der Waals surface area contributed by atoms with Crippen LogP contribution >= 0.6 is 11.6 Å². The number of nitrogens with one attached hydrogen (secondary N) is 3. The zero-order valence-corrected chi connectivity index (χ0v) is 34.6. The van der Waals surface area contributed by atoms with Crippen molar-refractivity contribution in [2.45, 2.75) is 49.7 Å². The van der Waals surface area contributed by atoms with Crippen LogP contribution in [0.2, 0.25) is 5.02 Å². The molecule has 0 spiro atoms. The second kappa shape index (κ2) is 20.0. The van der Waals surface area contributed by atoms with E-state index in [4.69, 9.17) is 30.5 Å². The first kappa shape index (κ1) is 45.5. The summed E-state index contributed by atoms with van der Waals surface area (Å²) < 4.78 is 73.8. The maximum Gasteiger partial charge on any atom is 0.336 e. The highest BCUT2D eigenvalue weighted by Gasteiger charge is 2.38. The number of anilines is 2. The molecule has 1 atom stereocenters. The van der Waals surface area contributed by atoms with Crippen LogP contribution in [0.4, 0.5) is 16.4 Å². The summed E-state index contributed by atoms with van der Waals surface area (Å²) in [7, 11) is -2.24. The van der Waals surface area contributed by atoms with Gasteiger partial charge >= 0.3 is 16.2 Å². The Labute approximate surface area is 340 Å². The van der Waals surface area contributed by atoms with Crippen molar-refractivity contribution in [1.82, 2.24) is 19.6 Å². The lowest BCUT2D eigenvalue weighted by molar-refractivity contribution is -0.133. The van der Waals surface area contributed by atoms with Crippen LogP contribution in [0, 0.1) is 5.92 Å². The van der Waals surface area contributed by atoms with Gasteiger partial charge in [0, 0.05) is 50.9 Å². The number of aromatic nitrogens is 2. The number of methoxy groups -OCH3 is 2. The van der Waals surface area contributed by atoms with Crippen molar-refractivity contribution in [2.24, 2.45) is 5.92 Å². The van der Waals surface area contributed by atoms with E-state index in [0.717, 1.165) is 19.1 Å². The number of para-hydroxylation sites is 1. The third-order valence-corrected chi connectivity index (χ3v) is 11.1. The molecule has 1 saturated heterocycles.